The van der Waals surface area contributed by atoms with Crippen molar-refractivity contribution in [2.75, 3.05) is 32.8 Å². The molecule has 6 nitrogen and oxygen atoms in total. The molecule has 1 saturated carbocycles. The van der Waals surface area contributed by atoms with Crippen LogP contribution < -0.4 is 14.8 Å². The Bertz CT molecular complexity index is 1030. The number of ether oxygens (including phenoxy) is 2. The van der Waals surface area contributed by atoms with Gasteiger partial charge in [0.1, 0.15) is 11.3 Å². The van der Waals surface area contributed by atoms with E-state index in [1.807, 2.05) is 58.2 Å². The van der Waals surface area contributed by atoms with E-state index in [2.05, 4.69) is 22.4 Å². The summed E-state index contributed by atoms with van der Waals surface area (Å²) in [6.07, 6.45) is 8.40. The Balaban J connectivity index is 0.00000141. The number of rotatable bonds is 7. The Morgan fingerprint density at radius 3 is 2.51 bits per heavy atom. The summed E-state index contributed by atoms with van der Waals surface area (Å²) in [7, 11) is 0. The van der Waals surface area contributed by atoms with Crippen molar-refractivity contribution in [2.45, 2.75) is 59.0 Å². The number of piperidine rings is 1. The molecule has 5 rings (SSSR count). The topological polar surface area (TPSA) is 63.7 Å². The van der Waals surface area contributed by atoms with Gasteiger partial charge in [-0.15, -0.1) is 0 Å². The predicted octanol–water partition coefficient (Wildman–Crippen LogP) is 5.32. The fraction of sp³-hybridized carbons (Fsp3) is 0.517. The summed E-state index contributed by atoms with van der Waals surface area (Å²) in [6, 6.07) is 9.99. The van der Waals surface area contributed by atoms with Gasteiger partial charge in [0.25, 0.3) is 5.91 Å². The lowest BCUT2D eigenvalue weighted by Gasteiger charge is -2.40. The highest BCUT2D eigenvalue weighted by molar-refractivity contribution is 5.93. The van der Waals surface area contributed by atoms with Crippen molar-refractivity contribution in [3.63, 3.8) is 0 Å². The average molecular weight is 478 g/mol. The molecule has 1 aromatic carbocycles. The summed E-state index contributed by atoms with van der Waals surface area (Å²) in [5, 5.41) is 3.44. The van der Waals surface area contributed by atoms with Crippen LogP contribution in [0.5, 0.6) is 11.5 Å². The third-order valence-electron chi connectivity index (χ3n) is 6.95. The third kappa shape index (κ3) is 5.53. The highest BCUT2D eigenvalue weighted by atomic mass is 16.5. The van der Waals surface area contributed by atoms with Crippen LogP contribution in [0.1, 0.15) is 75.0 Å². The maximum Gasteiger partial charge on any atom is 0.272 e. The fourth-order valence-corrected chi connectivity index (χ4v) is 4.70. The summed E-state index contributed by atoms with van der Waals surface area (Å²) >= 11 is 0. The second kappa shape index (κ2) is 11.3. The first kappa shape index (κ1) is 25.2. The monoisotopic (exact) mass is 477 g/mol. The minimum Gasteiger partial charge on any atom is -0.489 e. The maximum atomic E-state index is 12.7. The van der Waals surface area contributed by atoms with Gasteiger partial charge in [0.15, 0.2) is 11.5 Å². The van der Waals surface area contributed by atoms with Crippen LogP contribution in [0.2, 0.25) is 0 Å². The number of aromatic nitrogens is 1. The number of fused-ring (bicyclic) bond motifs is 1. The molecule has 0 bridgehead atoms. The van der Waals surface area contributed by atoms with E-state index in [-0.39, 0.29) is 11.5 Å². The van der Waals surface area contributed by atoms with Crippen molar-refractivity contribution in [1.82, 2.24) is 15.2 Å². The maximum absolute atomic E-state index is 12.7. The molecule has 35 heavy (non-hydrogen) atoms. The van der Waals surface area contributed by atoms with E-state index < -0.39 is 0 Å². The minimum absolute atomic E-state index is 0.0292. The zero-order chi connectivity index (χ0) is 24.8. The summed E-state index contributed by atoms with van der Waals surface area (Å²) in [5.74, 6) is 2.30. The molecule has 2 aromatic rings. The molecular formula is C29H39N3O3. The molecular weight excluding hydrogens is 438 g/mol. The molecule has 1 aromatic heterocycles. The van der Waals surface area contributed by atoms with Gasteiger partial charge in [-0.3, -0.25) is 9.78 Å². The lowest BCUT2D eigenvalue weighted by atomic mass is 9.83. The van der Waals surface area contributed by atoms with E-state index in [0.717, 1.165) is 60.7 Å². The van der Waals surface area contributed by atoms with Crippen molar-refractivity contribution < 1.29 is 14.3 Å². The predicted molar refractivity (Wildman–Crippen MR) is 140 cm³/mol. The van der Waals surface area contributed by atoms with Gasteiger partial charge >= 0.3 is 0 Å². The molecule has 2 aliphatic heterocycles. The number of hydrogen-bond acceptors (Lipinski definition) is 5. The number of hydrogen-bond donors (Lipinski definition) is 1. The number of para-hydroxylation sites is 1. The Morgan fingerprint density at radius 2 is 1.89 bits per heavy atom. The largest absolute Gasteiger partial charge is 0.489 e. The molecule has 0 unspecified atom stereocenters. The molecule has 3 heterocycles. The first-order valence-corrected chi connectivity index (χ1v) is 13.3. The molecule has 1 saturated heterocycles. The zero-order valence-electron chi connectivity index (χ0n) is 21.6. The van der Waals surface area contributed by atoms with Crippen LogP contribution in [0, 0.1) is 5.92 Å². The molecule has 0 radical (unpaired) electrons. The molecule has 1 spiro atoms. The number of carbonyl (C=O) groups is 1. The van der Waals surface area contributed by atoms with E-state index in [4.69, 9.17) is 9.47 Å². The van der Waals surface area contributed by atoms with Gasteiger partial charge in [0, 0.05) is 43.3 Å². The second-order valence-corrected chi connectivity index (χ2v) is 9.27. The number of nitrogens with one attached hydrogen (secondary N) is 1. The van der Waals surface area contributed by atoms with E-state index in [1.54, 1.807) is 4.90 Å². The normalized spacial score (nSPS) is 17.9. The summed E-state index contributed by atoms with van der Waals surface area (Å²) in [5.41, 5.74) is 3.24. The van der Waals surface area contributed by atoms with Crippen molar-refractivity contribution in [3.8, 4) is 11.5 Å². The van der Waals surface area contributed by atoms with Crippen LogP contribution in [-0.4, -0.2) is 54.2 Å². The van der Waals surface area contributed by atoms with Gasteiger partial charge in [-0.2, -0.15) is 0 Å². The zero-order valence-corrected chi connectivity index (χ0v) is 21.6. The van der Waals surface area contributed by atoms with Crippen molar-refractivity contribution in [3.05, 3.63) is 59.4 Å². The lowest BCUT2D eigenvalue weighted by Crippen LogP contribution is -2.46. The molecule has 3 aliphatic rings. The SMILES string of the molecule is CC.CCN(CC)C(=O)c1ccc(C2=CC3(CCNCC3)Oc3c(OCC4CC4)cccc32)cn1. The van der Waals surface area contributed by atoms with Crippen LogP contribution >= 0.6 is 0 Å². The van der Waals surface area contributed by atoms with Crippen molar-refractivity contribution in [2.24, 2.45) is 5.92 Å². The van der Waals surface area contributed by atoms with Crippen LogP contribution in [0.15, 0.2) is 42.6 Å². The lowest BCUT2D eigenvalue weighted by molar-refractivity contribution is 0.0762. The average Bonchev–Trinajstić information content (AvgIpc) is 3.74. The van der Waals surface area contributed by atoms with Crippen LogP contribution in [0.4, 0.5) is 0 Å². The molecule has 2 fully saturated rings. The Hall–Kier alpha value is -2.86. The van der Waals surface area contributed by atoms with Crippen molar-refractivity contribution >= 4 is 11.5 Å². The quantitative estimate of drug-likeness (QED) is 0.584. The van der Waals surface area contributed by atoms with Crippen molar-refractivity contribution in [1.29, 1.82) is 0 Å². The van der Waals surface area contributed by atoms with E-state index in [9.17, 15) is 4.79 Å². The van der Waals surface area contributed by atoms with Crippen LogP contribution in [0.3, 0.4) is 0 Å². The minimum atomic E-state index is -0.359. The first-order valence-electron chi connectivity index (χ1n) is 13.3. The van der Waals surface area contributed by atoms with Gasteiger partial charge in [-0.25, -0.2) is 0 Å². The molecule has 0 atom stereocenters. The summed E-state index contributed by atoms with van der Waals surface area (Å²) < 4.78 is 12.9. The van der Waals surface area contributed by atoms with E-state index in [1.165, 1.54) is 12.8 Å². The van der Waals surface area contributed by atoms with Crippen LogP contribution in [-0.2, 0) is 0 Å². The molecule has 1 aliphatic carbocycles. The Labute approximate surface area is 209 Å². The highest BCUT2D eigenvalue weighted by Gasteiger charge is 2.38. The number of pyridine rings is 1. The third-order valence-corrected chi connectivity index (χ3v) is 6.95. The summed E-state index contributed by atoms with van der Waals surface area (Å²) in [4.78, 5) is 19.1. The first-order chi connectivity index (χ1) is 17.1. The van der Waals surface area contributed by atoms with E-state index in [0.29, 0.717) is 24.7 Å². The Morgan fingerprint density at radius 1 is 1.14 bits per heavy atom. The second-order valence-electron chi connectivity index (χ2n) is 9.27. The highest BCUT2D eigenvalue weighted by Crippen LogP contribution is 2.47. The van der Waals surface area contributed by atoms with Gasteiger partial charge in [-0.1, -0.05) is 32.0 Å². The van der Waals surface area contributed by atoms with Gasteiger partial charge in [0.2, 0.25) is 0 Å². The van der Waals surface area contributed by atoms with E-state index >= 15 is 0 Å². The smallest absolute Gasteiger partial charge is 0.272 e. The van der Waals surface area contributed by atoms with Gasteiger partial charge in [-0.05, 0) is 69.5 Å². The molecule has 1 amide bonds. The molecule has 188 valence electrons. The number of carbonyl (C=O) groups excluding carboxylic acids is 1. The summed E-state index contributed by atoms with van der Waals surface area (Å²) in [6.45, 7) is 11.9. The number of benzene rings is 1. The van der Waals surface area contributed by atoms with Gasteiger partial charge < -0.3 is 19.7 Å². The standard InChI is InChI=1S/C27H33N3O3.C2H6/c1-3-30(4-2)26(31)23-11-10-20(17-29-23)22-16-27(12-14-28-15-13-27)33-25-21(22)6-5-7-24(25)32-18-19-8-9-19;1-2/h5-7,10-11,16-17,19,28H,3-4,8-9,12-15,18H2,1-2H3;1-2H3. The molecule has 1 N–H and O–H groups in total. The molecule has 6 heteroatoms. The number of nitrogens with zero attached hydrogens (tertiary/aromatic N) is 2. The Kier molecular flexibility index (Phi) is 8.11. The van der Waals surface area contributed by atoms with Crippen LogP contribution in [0.25, 0.3) is 5.57 Å². The van der Waals surface area contributed by atoms with Gasteiger partial charge in [0.05, 0.1) is 6.61 Å². The number of amides is 1. The fourth-order valence-electron chi connectivity index (χ4n) is 4.70.